The Kier molecular flexibility index (Phi) is 5.56. The van der Waals surface area contributed by atoms with E-state index in [-0.39, 0.29) is 30.4 Å². The molecule has 0 spiro atoms. The van der Waals surface area contributed by atoms with E-state index in [1.165, 1.54) is 0 Å². The summed E-state index contributed by atoms with van der Waals surface area (Å²) in [5, 5.41) is 0.418. The topological polar surface area (TPSA) is 87.4 Å². The summed E-state index contributed by atoms with van der Waals surface area (Å²) in [5.41, 5.74) is 1.94. The van der Waals surface area contributed by atoms with Crippen LogP contribution in [0, 0.1) is 0 Å². The second-order valence-electron chi connectivity index (χ2n) is 8.70. The van der Waals surface area contributed by atoms with E-state index in [2.05, 4.69) is 6.58 Å². The van der Waals surface area contributed by atoms with E-state index in [0.717, 1.165) is 5.56 Å². The van der Waals surface area contributed by atoms with E-state index in [0.29, 0.717) is 51.7 Å². The number of amides is 1. The van der Waals surface area contributed by atoms with Gasteiger partial charge in [-0.15, -0.1) is 0 Å². The Morgan fingerprint density at radius 3 is 2.70 bits per heavy atom. The lowest BCUT2D eigenvalue weighted by atomic mass is 9.97. The number of rotatable bonds is 7. The molecule has 8 nitrogen and oxygen atoms in total. The highest BCUT2D eigenvalue weighted by Gasteiger charge is 2.43. The molecule has 1 amide bonds. The fourth-order valence-electron chi connectivity index (χ4n) is 4.83. The van der Waals surface area contributed by atoms with Crippen LogP contribution in [0.15, 0.2) is 82.5 Å². The van der Waals surface area contributed by atoms with Gasteiger partial charge in [0.15, 0.2) is 28.4 Å². The molecule has 8 heteroatoms. The molecule has 0 radical (unpaired) electrons. The maximum atomic E-state index is 13.7. The lowest BCUT2D eigenvalue weighted by Crippen LogP contribution is -2.29. The standard InChI is InChI=1S/C29H23NO7/c1-3-12-34-21-11-9-18(14-23(21)33-2)26-25-27(31)19-6-4-5-7-20(19)37-28(25)29(32)30(26)15-17-8-10-22-24(13-17)36-16-35-22/h3-11,13-14,26H,1,12,15-16H2,2H3. The summed E-state index contributed by atoms with van der Waals surface area (Å²) in [6.45, 7) is 4.36. The molecule has 0 saturated heterocycles. The average molecular weight is 498 g/mol. The number of ether oxygens (including phenoxy) is 4. The van der Waals surface area contributed by atoms with E-state index < -0.39 is 6.04 Å². The number of hydrogen-bond acceptors (Lipinski definition) is 7. The third kappa shape index (κ3) is 3.78. The van der Waals surface area contributed by atoms with Gasteiger partial charge >= 0.3 is 0 Å². The van der Waals surface area contributed by atoms with Crippen LogP contribution in [0.2, 0.25) is 0 Å². The van der Waals surface area contributed by atoms with Crippen molar-refractivity contribution < 1.29 is 28.2 Å². The fourth-order valence-corrected chi connectivity index (χ4v) is 4.83. The highest BCUT2D eigenvalue weighted by atomic mass is 16.7. The first kappa shape index (κ1) is 22.7. The van der Waals surface area contributed by atoms with E-state index in [4.69, 9.17) is 23.4 Å². The zero-order valence-electron chi connectivity index (χ0n) is 20.1. The van der Waals surface area contributed by atoms with Gasteiger partial charge in [0.05, 0.1) is 24.1 Å². The van der Waals surface area contributed by atoms with Crippen molar-refractivity contribution in [3.8, 4) is 23.0 Å². The van der Waals surface area contributed by atoms with Crippen LogP contribution in [0.3, 0.4) is 0 Å². The second-order valence-corrected chi connectivity index (χ2v) is 8.70. The number of nitrogens with zero attached hydrogens (tertiary/aromatic N) is 1. The van der Waals surface area contributed by atoms with Gasteiger partial charge in [0, 0.05) is 6.54 Å². The highest BCUT2D eigenvalue weighted by molar-refractivity contribution is 5.99. The normalized spacial score (nSPS) is 15.6. The summed E-state index contributed by atoms with van der Waals surface area (Å²) in [6, 6.07) is 17.1. The molecule has 2 aliphatic rings. The lowest BCUT2D eigenvalue weighted by molar-refractivity contribution is 0.0714. The van der Waals surface area contributed by atoms with Crippen molar-refractivity contribution in [2.75, 3.05) is 20.5 Å². The smallest absolute Gasteiger partial charge is 0.291 e. The minimum Gasteiger partial charge on any atom is -0.493 e. The second kappa shape index (κ2) is 9.05. The number of methoxy groups -OCH3 is 1. The predicted octanol–water partition coefficient (Wildman–Crippen LogP) is 4.84. The Labute approximate surface area is 212 Å². The van der Waals surface area contributed by atoms with Crippen molar-refractivity contribution in [3.63, 3.8) is 0 Å². The van der Waals surface area contributed by atoms with Crippen LogP contribution >= 0.6 is 0 Å². The largest absolute Gasteiger partial charge is 0.493 e. The summed E-state index contributed by atoms with van der Waals surface area (Å²) < 4.78 is 28.2. The van der Waals surface area contributed by atoms with Gasteiger partial charge in [-0.2, -0.15) is 0 Å². The molecule has 3 aromatic carbocycles. The molecule has 6 rings (SSSR count). The Morgan fingerprint density at radius 2 is 1.86 bits per heavy atom. The minimum atomic E-state index is -0.698. The van der Waals surface area contributed by atoms with Gasteiger partial charge in [-0.25, -0.2) is 0 Å². The van der Waals surface area contributed by atoms with Gasteiger partial charge in [-0.05, 0) is 47.5 Å². The fraction of sp³-hybridized carbons (Fsp3) is 0.172. The Bertz CT molecular complexity index is 1610. The first-order valence-electron chi connectivity index (χ1n) is 11.8. The zero-order chi connectivity index (χ0) is 25.5. The number of hydrogen-bond donors (Lipinski definition) is 0. The molecular weight excluding hydrogens is 474 g/mol. The summed E-state index contributed by atoms with van der Waals surface area (Å²) in [4.78, 5) is 29.1. The van der Waals surface area contributed by atoms with E-state index in [1.54, 1.807) is 54.5 Å². The maximum absolute atomic E-state index is 13.7. The molecule has 1 unspecified atom stereocenters. The SMILES string of the molecule is C=CCOc1ccc(C2c3c(oc4ccccc4c3=O)C(=O)N2Cc2ccc3c(c2)OCO3)cc1OC. The summed E-state index contributed by atoms with van der Waals surface area (Å²) in [7, 11) is 1.54. The zero-order valence-corrected chi connectivity index (χ0v) is 20.1. The summed E-state index contributed by atoms with van der Waals surface area (Å²) in [6.07, 6.45) is 1.64. The Hall–Kier alpha value is -4.72. The van der Waals surface area contributed by atoms with Gasteiger partial charge in [-0.3, -0.25) is 9.59 Å². The van der Waals surface area contributed by atoms with Crippen LogP contribution in [0.4, 0.5) is 0 Å². The number of carbonyl (C=O) groups is 1. The van der Waals surface area contributed by atoms with Crippen LogP contribution in [-0.4, -0.2) is 31.3 Å². The van der Waals surface area contributed by atoms with Crippen molar-refractivity contribution in [3.05, 3.63) is 106 Å². The number of benzene rings is 3. The van der Waals surface area contributed by atoms with Gasteiger partial charge < -0.3 is 28.3 Å². The third-order valence-electron chi connectivity index (χ3n) is 6.52. The van der Waals surface area contributed by atoms with Crippen molar-refractivity contribution in [1.29, 1.82) is 0 Å². The molecule has 0 N–H and O–H groups in total. The molecule has 37 heavy (non-hydrogen) atoms. The molecule has 1 aromatic heterocycles. The monoisotopic (exact) mass is 497 g/mol. The van der Waals surface area contributed by atoms with Gasteiger partial charge in [0.2, 0.25) is 12.6 Å². The molecule has 186 valence electrons. The lowest BCUT2D eigenvalue weighted by Gasteiger charge is -2.26. The molecule has 4 aromatic rings. The van der Waals surface area contributed by atoms with Crippen LogP contribution in [-0.2, 0) is 6.54 Å². The van der Waals surface area contributed by atoms with Crippen LogP contribution in [0.1, 0.15) is 33.3 Å². The number of para-hydroxylation sites is 1. The van der Waals surface area contributed by atoms with E-state index >= 15 is 0 Å². The van der Waals surface area contributed by atoms with Crippen LogP contribution in [0.25, 0.3) is 11.0 Å². The first-order valence-corrected chi connectivity index (χ1v) is 11.8. The van der Waals surface area contributed by atoms with Crippen molar-refractivity contribution in [2.45, 2.75) is 12.6 Å². The van der Waals surface area contributed by atoms with E-state index in [9.17, 15) is 9.59 Å². The van der Waals surface area contributed by atoms with Crippen molar-refractivity contribution >= 4 is 16.9 Å². The highest BCUT2D eigenvalue weighted by Crippen LogP contribution is 2.42. The maximum Gasteiger partial charge on any atom is 0.291 e. The van der Waals surface area contributed by atoms with Gasteiger partial charge in [0.25, 0.3) is 5.91 Å². The molecular formula is C29H23NO7. The molecule has 0 fully saturated rings. The summed E-state index contributed by atoms with van der Waals surface area (Å²) >= 11 is 0. The molecule has 0 bridgehead atoms. The quantitative estimate of drug-likeness (QED) is 0.338. The summed E-state index contributed by atoms with van der Waals surface area (Å²) in [5.74, 6) is 1.95. The van der Waals surface area contributed by atoms with Crippen molar-refractivity contribution in [2.24, 2.45) is 0 Å². The average Bonchev–Trinajstić information content (AvgIpc) is 3.50. The van der Waals surface area contributed by atoms with Gasteiger partial charge in [0.1, 0.15) is 12.2 Å². The van der Waals surface area contributed by atoms with E-state index in [1.807, 2.05) is 24.3 Å². The number of fused-ring (bicyclic) bond motifs is 3. The third-order valence-corrected chi connectivity index (χ3v) is 6.52. The van der Waals surface area contributed by atoms with Gasteiger partial charge in [-0.1, -0.05) is 36.9 Å². The minimum absolute atomic E-state index is 0.0420. The van der Waals surface area contributed by atoms with Crippen LogP contribution in [0.5, 0.6) is 23.0 Å². The molecule has 3 heterocycles. The van der Waals surface area contributed by atoms with Crippen molar-refractivity contribution in [1.82, 2.24) is 4.90 Å². The first-order chi connectivity index (χ1) is 18.1. The molecule has 0 aliphatic carbocycles. The molecule has 1 atom stereocenters. The van der Waals surface area contributed by atoms with Crippen LogP contribution < -0.4 is 24.4 Å². The number of carbonyl (C=O) groups excluding carboxylic acids is 1. The molecule has 2 aliphatic heterocycles. The Morgan fingerprint density at radius 1 is 1.03 bits per heavy atom. The predicted molar refractivity (Wildman–Crippen MR) is 135 cm³/mol. The molecule has 0 saturated carbocycles. The Balaban J connectivity index is 1.50.